The Morgan fingerprint density at radius 3 is 1.95 bits per heavy atom. The summed E-state index contributed by atoms with van der Waals surface area (Å²) in [5.74, 6) is 0. The second-order valence-electron chi connectivity index (χ2n) is 5.43. The van der Waals surface area contributed by atoms with Gasteiger partial charge in [0.1, 0.15) is 0 Å². The van der Waals surface area contributed by atoms with Crippen molar-refractivity contribution in [1.82, 2.24) is 0 Å². The largest absolute Gasteiger partial charge is 0.0835 e. The smallest absolute Gasteiger partial charge is 0.0435 e. The van der Waals surface area contributed by atoms with E-state index in [1.165, 1.54) is 33.4 Å². The Hall–Kier alpha value is -1.08. The van der Waals surface area contributed by atoms with Crippen LogP contribution >= 0.6 is 15.9 Å². The van der Waals surface area contributed by atoms with Crippen molar-refractivity contribution in [2.24, 2.45) is 0 Å². The lowest BCUT2D eigenvalue weighted by atomic mass is 9.98. The summed E-state index contributed by atoms with van der Waals surface area (Å²) in [5.41, 5.74) is 8.21. The molecule has 1 unspecified atom stereocenters. The Kier molecular flexibility index (Phi) is 4.46. The average molecular weight is 317 g/mol. The topological polar surface area (TPSA) is 0 Å². The zero-order chi connectivity index (χ0) is 14.0. The lowest BCUT2D eigenvalue weighted by molar-refractivity contribution is 0.942. The van der Waals surface area contributed by atoms with Gasteiger partial charge in [-0.2, -0.15) is 0 Å². The first-order valence-corrected chi connectivity index (χ1v) is 7.66. The lowest BCUT2D eigenvalue weighted by Gasteiger charge is -2.13. The molecule has 0 aliphatic carbocycles. The molecule has 0 aliphatic rings. The predicted octanol–water partition coefficient (Wildman–Crippen LogP) is 5.60. The molecule has 1 heteroatoms. The minimum absolute atomic E-state index is 0.383. The molecule has 1 atom stereocenters. The Morgan fingerprint density at radius 2 is 1.37 bits per heavy atom. The fraction of sp³-hybridized carbons (Fsp3) is 0.333. The number of hydrogen-bond donors (Lipinski definition) is 0. The molecular weight excluding hydrogens is 296 g/mol. The van der Waals surface area contributed by atoms with Crippen molar-refractivity contribution in [1.29, 1.82) is 0 Å². The third-order valence-electron chi connectivity index (χ3n) is 3.88. The second-order valence-corrected chi connectivity index (χ2v) is 6.54. The number of hydrogen-bond acceptors (Lipinski definition) is 0. The molecule has 0 amide bonds. The monoisotopic (exact) mass is 316 g/mol. The second kappa shape index (κ2) is 5.92. The highest BCUT2D eigenvalue weighted by Gasteiger charge is 2.10. The average Bonchev–Trinajstić information content (AvgIpc) is 2.37. The number of aryl methyl sites for hydroxylation is 4. The molecule has 0 radical (unpaired) electrons. The van der Waals surface area contributed by atoms with Gasteiger partial charge in [0.2, 0.25) is 0 Å². The molecule has 2 aromatic carbocycles. The van der Waals surface area contributed by atoms with Crippen molar-refractivity contribution in [2.75, 3.05) is 0 Å². The summed E-state index contributed by atoms with van der Waals surface area (Å²) in [6, 6.07) is 13.5. The maximum atomic E-state index is 3.82. The van der Waals surface area contributed by atoms with Crippen molar-refractivity contribution >= 4 is 15.9 Å². The molecule has 0 fully saturated rings. The summed E-state index contributed by atoms with van der Waals surface area (Å²) in [4.78, 5) is 0.383. The fourth-order valence-corrected chi connectivity index (χ4v) is 2.87. The van der Waals surface area contributed by atoms with Crippen LogP contribution in [0.3, 0.4) is 0 Å². The zero-order valence-electron chi connectivity index (χ0n) is 12.1. The molecule has 0 heterocycles. The Balaban J connectivity index is 2.17. The van der Waals surface area contributed by atoms with Gasteiger partial charge in [-0.15, -0.1) is 0 Å². The van der Waals surface area contributed by atoms with Crippen molar-refractivity contribution < 1.29 is 0 Å². The lowest BCUT2D eigenvalue weighted by Crippen LogP contribution is -1.97. The fourth-order valence-electron chi connectivity index (χ4n) is 2.21. The van der Waals surface area contributed by atoms with Crippen molar-refractivity contribution in [3.05, 3.63) is 69.8 Å². The van der Waals surface area contributed by atoms with Gasteiger partial charge >= 0.3 is 0 Å². The van der Waals surface area contributed by atoms with Crippen molar-refractivity contribution in [3.63, 3.8) is 0 Å². The summed E-state index contributed by atoms with van der Waals surface area (Å²) in [6.45, 7) is 8.67. The van der Waals surface area contributed by atoms with Gasteiger partial charge in [-0.05, 0) is 67.5 Å². The first-order valence-electron chi connectivity index (χ1n) is 6.74. The zero-order valence-corrected chi connectivity index (χ0v) is 13.7. The van der Waals surface area contributed by atoms with Gasteiger partial charge in [-0.1, -0.05) is 52.3 Å². The normalized spacial score (nSPS) is 12.5. The van der Waals surface area contributed by atoms with E-state index in [-0.39, 0.29) is 0 Å². The number of alkyl halides is 1. The van der Waals surface area contributed by atoms with Crippen LogP contribution in [0.25, 0.3) is 0 Å². The molecule has 2 aromatic rings. The van der Waals surface area contributed by atoms with Gasteiger partial charge in [0, 0.05) is 4.83 Å². The minimum Gasteiger partial charge on any atom is -0.0835 e. The van der Waals surface area contributed by atoms with Gasteiger partial charge in [0.15, 0.2) is 0 Å². The highest BCUT2D eigenvalue weighted by Crippen LogP contribution is 2.29. The van der Waals surface area contributed by atoms with Crippen LogP contribution in [-0.4, -0.2) is 0 Å². The van der Waals surface area contributed by atoms with Crippen LogP contribution in [-0.2, 0) is 6.42 Å². The van der Waals surface area contributed by atoms with Crippen LogP contribution in [0, 0.1) is 27.7 Å². The maximum absolute atomic E-state index is 3.82. The Morgan fingerprint density at radius 1 is 0.789 bits per heavy atom. The molecule has 0 spiro atoms. The maximum Gasteiger partial charge on any atom is 0.0435 e. The molecule has 0 bridgehead atoms. The number of rotatable bonds is 3. The van der Waals surface area contributed by atoms with E-state index in [9.17, 15) is 0 Å². The third kappa shape index (κ3) is 3.48. The van der Waals surface area contributed by atoms with E-state index in [0.29, 0.717) is 4.83 Å². The molecule has 0 aliphatic heterocycles. The first kappa shape index (κ1) is 14.3. The summed E-state index contributed by atoms with van der Waals surface area (Å²) in [5, 5.41) is 0. The van der Waals surface area contributed by atoms with E-state index in [0.717, 1.165) is 6.42 Å². The summed E-state index contributed by atoms with van der Waals surface area (Å²) in [7, 11) is 0. The van der Waals surface area contributed by atoms with E-state index in [2.05, 4.69) is 80.0 Å². The summed E-state index contributed by atoms with van der Waals surface area (Å²) in [6.07, 6.45) is 1.03. The Bertz CT molecular complexity index is 584. The highest BCUT2D eigenvalue weighted by molar-refractivity contribution is 9.09. The molecular formula is C18H21Br. The Labute approximate surface area is 125 Å². The van der Waals surface area contributed by atoms with Crippen LogP contribution in [0.2, 0.25) is 0 Å². The molecule has 0 aromatic heterocycles. The van der Waals surface area contributed by atoms with E-state index in [1.54, 1.807) is 0 Å². The quantitative estimate of drug-likeness (QED) is 0.647. The molecule has 0 saturated heterocycles. The van der Waals surface area contributed by atoms with Gasteiger partial charge < -0.3 is 0 Å². The number of halogens is 1. The molecule has 19 heavy (non-hydrogen) atoms. The van der Waals surface area contributed by atoms with Crippen LogP contribution in [0.15, 0.2) is 36.4 Å². The van der Waals surface area contributed by atoms with Crippen molar-refractivity contribution in [3.8, 4) is 0 Å². The highest BCUT2D eigenvalue weighted by atomic mass is 79.9. The molecule has 2 rings (SSSR count). The molecule has 100 valence electrons. The summed E-state index contributed by atoms with van der Waals surface area (Å²) < 4.78 is 0. The van der Waals surface area contributed by atoms with E-state index in [1.807, 2.05) is 0 Å². The van der Waals surface area contributed by atoms with Crippen LogP contribution in [0.5, 0.6) is 0 Å². The van der Waals surface area contributed by atoms with E-state index in [4.69, 9.17) is 0 Å². The third-order valence-corrected chi connectivity index (χ3v) is 4.73. The van der Waals surface area contributed by atoms with Gasteiger partial charge in [-0.3, -0.25) is 0 Å². The molecule has 0 nitrogen and oxygen atoms in total. The minimum atomic E-state index is 0.383. The van der Waals surface area contributed by atoms with Crippen LogP contribution in [0.4, 0.5) is 0 Å². The van der Waals surface area contributed by atoms with E-state index >= 15 is 0 Å². The standard InChI is InChI=1S/C18H21Br/c1-12-5-7-16(9-14(12)3)11-18(19)17-8-6-13(2)15(4)10-17/h5-10,18H,11H2,1-4H3. The predicted molar refractivity (Wildman–Crippen MR) is 87.2 cm³/mol. The molecule has 0 saturated carbocycles. The van der Waals surface area contributed by atoms with Gasteiger partial charge in [0.05, 0.1) is 0 Å². The van der Waals surface area contributed by atoms with Crippen LogP contribution < -0.4 is 0 Å². The van der Waals surface area contributed by atoms with Crippen molar-refractivity contribution in [2.45, 2.75) is 38.9 Å². The SMILES string of the molecule is Cc1ccc(CC(Br)c2ccc(C)c(C)c2)cc1C. The van der Waals surface area contributed by atoms with E-state index < -0.39 is 0 Å². The van der Waals surface area contributed by atoms with Gasteiger partial charge in [0.25, 0.3) is 0 Å². The van der Waals surface area contributed by atoms with Crippen LogP contribution in [0.1, 0.15) is 38.2 Å². The number of benzene rings is 2. The van der Waals surface area contributed by atoms with Gasteiger partial charge in [-0.25, -0.2) is 0 Å². The first-order chi connectivity index (χ1) is 8.97. The summed E-state index contributed by atoms with van der Waals surface area (Å²) >= 11 is 3.82. The molecule has 0 N–H and O–H groups in total.